The molecule has 5 nitrogen and oxygen atoms in total. The fraction of sp³-hybridized carbons (Fsp3) is 0.917. The van der Waals surface area contributed by atoms with Crippen LogP contribution in [0.3, 0.4) is 0 Å². The van der Waals surface area contributed by atoms with Gasteiger partial charge in [0.2, 0.25) is 0 Å². The average molecular weight is 247 g/mol. The van der Waals surface area contributed by atoms with Gasteiger partial charge in [0.1, 0.15) is 0 Å². The molecule has 0 aromatic heterocycles. The molecular weight excluding hydrogens is 222 g/mol. The molecule has 0 fully saturated rings. The zero-order valence-electron chi connectivity index (χ0n) is 10.9. The summed E-state index contributed by atoms with van der Waals surface area (Å²) >= 11 is 0. The molecule has 0 spiro atoms. The molecule has 102 valence electrons. The number of rotatable bonds is 11. The van der Waals surface area contributed by atoms with Crippen LogP contribution in [0, 0.1) is 0 Å². The molecule has 17 heavy (non-hydrogen) atoms. The fourth-order valence-corrected chi connectivity index (χ4v) is 1.32. The standard InChI is InChI=1S/C12H25NO4/c1-3-5-7-9-15-12(11(14)17-13)16-10-8-6-4-2/h12H,3-10,13H2,1-2H3. The molecule has 0 amide bonds. The summed E-state index contributed by atoms with van der Waals surface area (Å²) in [5.74, 6) is 4.16. The van der Waals surface area contributed by atoms with Gasteiger partial charge in [-0.3, -0.25) is 0 Å². The van der Waals surface area contributed by atoms with E-state index in [1.54, 1.807) is 0 Å². The molecule has 0 radical (unpaired) electrons. The highest BCUT2D eigenvalue weighted by molar-refractivity contribution is 5.72. The Kier molecular flexibility index (Phi) is 11.4. The van der Waals surface area contributed by atoms with Gasteiger partial charge in [0, 0.05) is 0 Å². The van der Waals surface area contributed by atoms with Crippen molar-refractivity contribution >= 4 is 5.97 Å². The Bertz CT molecular complexity index is 175. The van der Waals surface area contributed by atoms with Gasteiger partial charge in [-0.2, -0.15) is 5.90 Å². The predicted octanol–water partition coefficient (Wildman–Crippen LogP) is 2.14. The summed E-state index contributed by atoms with van der Waals surface area (Å²) in [7, 11) is 0. The number of ether oxygens (including phenoxy) is 2. The lowest BCUT2D eigenvalue weighted by Crippen LogP contribution is -2.32. The third kappa shape index (κ3) is 9.09. The van der Waals surface area contributed by atoms with E-state index in [1.807, 2.05) is 0 Å². The van der Waals surface area contributed by atoms with Crippen molar-refractivity contribution in [3.63, 3.8) is 0 Å². The Morgan fingerprint density at radius 2 is 1.47 bits per heavy atom. The van der Waals surface area contributed by atoms with E-state index in [0.29, 0.717) is 13.2 Å². The quantitative estimate of drug-likeness (QED) is 0.344. The van der Waals surface area contributed by atoms with Crippen LogP contribution in [0.5, 0.6) is 0 Å². The van der Waals surface area contributed by atoms with Crippen molar-refractivity contribution in [2.45, 2.75) is 58.7 Å². The van der Waals surface area contributed by atoms with Gasteiger partial charge in [-0.05, 0) is 12.8 Å². The molecule has 0 rings (SSSR count). The second-order valence-corrected chi connectivity index (χ2v) is 3.92. The van der Waals surface area contributed by atoms with Crippen LogP contribution in [0.2, 0.25) is 0 Å². The number of unbranched alkanes of at least 4 members (excludes halogenated alkanes) is 4. The second kappa shape index (κ2) is 11.8. The molecule has 0 bridgehead atoms. The summed E-state index contributed by atoms with van der Waals surface area (Å²) in [5, 5.41) is 0. The van der Waals surface area contributed by atoms with E-state index in [9.17, 15) is 4.79 Å². The first-order valence-corrected chi connectivity index (χ1v) is 6.40. The Balaban J connectivity index is 3.76. The molecule has 0 aromatic carbocycles. The lowest BCUT2D eigenvalue weighted by molar-refractivity contribution is -0.196. The van der Waals surface area contributed by atoms with Crippen molar-refractivity contribution < 1.29 is 19.1 Å². The Hall–Kier alpha value is -0.650. The smallest absolute Gasteiger partial charge is 0.370 e. The highest BCUT2D eigenvalue weighted by Gasteiger charge is 2.20. The third-order valence-corrected chi connectivity index (χ3v) is 2.34. The number of carbonyl (C=O) groups excluding carboxylic acids is 1. The van der Waals surface area contributed by atoms with Crippen LogP contribution in [-0.2, 0) is 19.1 Å². The molecule has 0 aromatic rings. The van der Waals surface area contributed by atoms with E-state index in [2.05, 4.69) is 18.7 Å². The van der Waals surface area contributed by atoms with Gasteiger partial charge in [-0.25, -0.2) is 4.79 Å². The summed E-state index contributed by atoms with van der Waals surface area (Å²) in [6.07, 6.45) is 5.18. The molecule has 0 heterocycles. The van der Waals surface area contributed by atoms with Crippen LogP contribution in [-0.4, -0.2) is 25.5 Å². The molecule has 0 atom stereocenters. The third-order valence-electron chi connectivity index (χ3n) is 2.34. The van der Waals surface area contributed by atoms with Gasteiger partial charge in [-0.1, -0.05) is 39.5 Å². The highest BCUT2D eigenvalue weighted by atomic mass is 16.7. The van der Waals surface area contributed by atoms with Crippen LogP contribution >= 0.6 is 0 Å². The number of nitrogens with two attached hydrogens (primary N) is 1. The summed E-state index contributed by atoms with van der Waals surface area (Å²) in [6, 6.07) is 0. The average Bonchev–Trinajstić information content (AvgIpc) is 2.36. The van der Waals surface area contributed by atoms with Crippen LogP contribution in [0.15, 0.2) is 0 Å². The number of hydrogen-bond donors (Lipinski definition) is 1. The van der Waals surface area contributed by atoms with Crippen molar-refractivity contribution in [2.75, 3.05) is 13.2 Å². The van der Waals surface area contributed by atoms with Crippen LogP contribution in [0.4, 0.5) is 0 Å². The second-order valence-electron chi connectivity index (χ2n) is 3.92. The lowest BCUT2D eigenvalue weighted by Gasteiger charge is -2.15. The van der Waals surface area contributed by atoms with Crippen molar-refractivity contribution in [3.05, 3.63) is 0 Å². The molecule has 0 saturated carbocycles. The lowest BCUT2D eigenvalue weighted by atomic mass is 10.3. The molecule has 0 aliphatic rings. The molecule has 5 heteroatoms. The monoisotopic (exact) mass is 247 g/mol. The zero-order chi connectivity index (χ0) is 12.9. The number of hydrogen-bond acceptors (Lipinski definition) is 5. The van der Waals surface area contributed by atoms with Crippen molar-refractivity contribution in [3.8, 4) is 0 Å². The van der Waals surface area contributed by atoms with Crippen LogP contribution in [0.1, 0.15) is 52.4 Å². The highest BCUT2D eigenvalue weighted by Crippen LogP contribution is 2.04. The Labute approximate surface area is 104 Å². The largest absolute Gasteiger partial charge is 0.381 e. The first kappa shape index (κ1) is 16.4. The van der Waals surface area contributed by atoms with Gasteiger partial charge < -0.3 is 14.3 Å². The van der Waals surface area contributed by atoms with E-state index in [0.717, 1.165) is 38.5 Å². The van der Waals surface area contributed by atoms with E-state index in [1.165, 1.54) is 0 Å². The van der Waals surface area contributed by atoms with Crippen molar-refractivity contribution in [1.82, 2.24) is 0 Å². The summed E-state index contributed by atoms with van der Waals surface area (Å²) in [4.78, 5) is 15.4. The Morgan fingerprint density at radius 1 is 1.00 bits per heavy atom. The normalized spacial score (nSPS) is 10.8. The summed E-state index contributed by atoms with van der Waals surface area (Å²) < 4.78 is 10.6. The maximum Gasteiger partial charge on any atom is 0.381 e. The summed E-state index contributed by atoms with van der Waals surface area (Å²) in [6.45, 7) is 5.18. The van der Waals surface area contributed by atoms with Gasteiger partial charge in [0.15, 0.2) is 0 Å². The molecule has 0 saturated heterocycles. The fourth-order valence-electron chi connectivity index (χ4n) is 1.32. The van der Waals surface area contributed by atoms with Crippen LogP contribution in [0.25, 0.3) is 0 Å². The first-order valence-electron chi connectivity index (χ1n) is 6.40. The maximum atomic E-state index is 11.2. The molecule has 0 aliphatic heterocycles. The summed E-state index contributed by atoms with van der Waals surface area (Å²) in [5.41, 5.74) is 0. The van der Waals surface area contributed by atoms with Gasteiger partial charge in [0.05, 0.1) is 13.2 Å². The van der Waals surface area contributed by atoms with E-state index in [-0.39, 0.29) is 0 Å². The minimum atomic E-state index is -0.978. The van der Waals surface area contributed by atoms with E-state index >= 15 is 0 Å². The first-order chi connectivity index (χ1) is 8.26. The van der Waals surface area contributed by atoms with Gasteiger partial charge in [0.25, 0.3) is 6.29 Å². The predicted molar refractivity (Wildman–Crippen MR) is 65.0 cm³/mol. The molecule has 0 unspecified atom stereocenters. The number of carbonyl (C=O) groups is 1. The Morgan fingerprint density at radius 3 is 1.82 bits per heavy atom. The SMILES string of the molecule is CCCCCOC(OCCCCC)C(=O)ON. The van der Waals surface area contributed by atoms with E-state index in [4.69, 9.17) is 15.4 Å². The van der Waals surface area contributed by atoms with Gasteiger partial charge in [-0.15, -0.1) is 0 Å². The maximum absolute atomic E-state index is 11.2. The van der Waals surface area contributed by atoms with Crippen molar-refractivity contribution in [1.29, 1.82) is 0 Å². The minimum Gasteiger partial charge on any atom is -0.370 e. The molecular formula is C12H25NO4. The van der Waals surface area contributed by atoms with Crippen LogP contribution < -0.4 is 5.90 Å². The zero-order valence-corrected chi connectivity index (χ0v) is 10.9. The molecule has 0 aliphatic carbocycles. The molecule has 2 N–H and O–H groups in total. The van der Waals surface area contributed by atoms with Crippen molar-refractivity contribution in [2.24, 2.45) is 5.90 Å². The minimum absolute atomic E-state index is 0.487. The van der Waals surface area contributed by atoms with Gasteiger partial charge >= 0.3 is 5.97 Å². The van der Waals surface area contributed by atoms with E-state index < -0.39 is 12.3 Å². The topological polar surface area (TPSA) is 70.8 Å².